The van der Waals surface area contributed by atoms with Crippen LogP contribution in [-0.2, 0) is 24.5 Å². The highest BCUT2D eigenvalue weighted by Gasteiger charge is 2.30. The molecule has 6 nitrogen and oxygen atoms in total. The van der Waals surface area contributed by atoms with E-state index in [0.717, 1.165) is 22.6 Å². The van der Waals surface area contributed by atoms with Crippen LogP contribution >= 0.6 is 0 Å². The van der Waals surface area contributed by atoms with Gasteiger partial charge < -0.3 is 18.9 Å². The zero-order chi connectivity index (χ0) is 32.4. The number of rotatable bonds is 16. The zero-order valence-corrected chi connectivity index (χ0v) is 27.4. The standard InChI is InChI=1S/C37H48O6/c1-26(2)33(38)36(8,9)41-24-14-12-13-23-40-31-19-15-29(16-20-31)35(6,7)30-17-21-32(22-18-30)43-28(5)25-42-37(10,11)34(39)27(3)4/h15-22,28H,1,3,14,23-25H2,2,4-11H3. The van der Waals surface area contributed by atoms with Crippen LogP contribution in [0.15, 0.2) is 72.8 Å². The van der Waals surface area contributed by atoms with Crippen LogP contribution in [0.2, 0.25) is 0 Å². The van der Waals surface area contributed by atoms with E-state index >= 15 is 0 Å². The van der Waals surface area contributed by atoms with Crippen molar-refractivity contribution in [3.63, 3.8) is 0 Å². The highest BCUT2D eigenvalue weighted by Crippen LogP contribution is 2.33. The van der Waals surface area contributed by atoms with Crippen LogP contribution in [-0.4, -0.2) is 48.7 Å². The SMILES string of the molecule is C=C(C)C(=O)C(C)(C)OCCC#CCOc1ccc(C(C)(C)c2ccc(OC(C)COC(C)(C)C(=O)C(=C)C)cc2)cc1. The molecule has 1 unspecified atom stereocenters. The maximum atomic E-state index is 12.3. The van der Waals surface area contributed by atoms with E-state index in [1.54, 1.807) is 41.5 Å². The van der Waals surface area contributed by atoms with Gasteiger partial charge in [-0.05, 0) is 95.0 Å². The number of carbonyl (C=O) groups is 2. The van der Waals surface area contributed by atoms with Gasteiger partial charge in [-0.25, -0.2) is 0 Å². The van der Waals surface area contributed by atoms with Crippen LogP contribution in [0.25, 0.3) is 0 Å². The van der Waals surface area contributed by atoms with Crippen molar-refractivity contribution in [2.45, 2.75) is 91.5 Å². The molecule has 43 heavy (non-hydrogen) atoms. The average molecular weight is 589 g/mol. The van der Waals surface area contributed by atoms with E-state index in [1.807, 2.05) is 31.2 Å². The molecule has 0 aliphatic rings. The van der Waals surface area contributed by atoms with Crippen LogP contribution in [0.4, 0.5) is 0 Å². The maximum absolute atomic E-state index is 12.3. The molecule has 0 radical (unpaired) electrons. The van der Waals surface area contributed by atoms with Gasteiger partial charge in [0.1, 0.15) is 35.4 Å². The predicted molar refractivity (Wildman–Crippen MR) is 173 cm³/mol. The number of hydrogen-bond acceptors (Lipinski definition) is 6. The Hall–Kier alpha value is -3.66. The molecule has 1 atom stereocenters. The number of Topliss-reactive ketones (excluding diaryl/α,β-unsaturated/α-hetero) is 2. The molecular formula is C37H48O6. The van der Waals surface area contributed by atoms with Crippen molar-refractivity contribution < 1.29 is 28.5 Å². The Morgan fingerprint density at radius 1 is 0.744 bits per heavy atom. The van der Waals surface area contributed by atoms with E-state index in [0.29, 0.717) is 24.2 Å². The molecule has 0 aliphatic heterocycles. The second kappa shape index (κ2) is 15.2. The van der Waals surface area contributed by atoms with Gasteiger partial charge >= 0.3 is 0 Å². The van der Waals surface area contributed by atoms with Crippen LogP contribution < -0.4 is 9.47 Å². The first-order valence-corrected chi connectivity index (χ1v) is 14.6. The Labute approximate surface area is 258 Å². The Morgan fingerprint density at radius 3 is 1.70 bits per heavy atom. The van der Waals surface area contributed by atoms with E-state index < -0.39 is 11.2 Å². The molecule has 0 saturated heterocycles. The summed E-state index contributed by atoms with van der Waals surface area (Å²) < 4.78 is 23.3. The molecular weight excluding hydrogens is 540 g/mol. The van der Waals surface area contributed by atoms with Crippen molar-refractivity contribution in [2.24, 2.45) is 0 Å². The Kier molecular flexibility index (Phi) is 12.5. The van der Waals surface area contributed by atoms with Crippen LogP contribution in [0, 0.1) is 11.8 Å². The second-order valence-electron chi connectivity index (χ2n) is 12.4. The topological polar surface area (TPSA) is 71.1 Å². The molecule has 0 saturated carbocycles. The molecule has 2 aromatic rings. The summed E-state index contributed by atoms with van der Waals surface area (Å²) in [5.74, 6) is 7.28. The molecule has 0 spiro atoms. The van der Waals surface area contributed by atoms with Gasteiger partial charge in [-0.1, -0.05) is 63.1 Å². The molecule has 0 aromatic heterocycles. The smallest absolute Gasteiger partial charge is 0.189 e. The Bertz CT molecular complexity index is 1330. The molecule has 0 aliphatic carbocycles. The van der Waals surface area contributed by atoms with Gasteiger partial charge in [0.25, 0.3) is 0 Å². The van der Waals surface area contributed by atoms with E-state index in [-0.39, 0.29) is 36.3 Å². The lowest BCUT2D eigenvalue weighted by Gasteiger charge is -2.27. The lowest BCUT2D eigenvalue weighted by Crippen LogP contribution is -2.38. The summed E-state index contributed by atoms with van der Waals surface area (Å²) in [7, 11) is 0. The lowest BCUT2D eigenvalue weighted by molar-refractivity contribution is -0.138. The minimum Gasteiger partial charge on any atom is -0.488 e. The summed E-state index contributed by atoms with van der Waals surface area (Å²) in [4.78, 5) is 24.3. The van der Waals surface area contributed by atoms with Crippen LogP contribution in [0.3, 0.4) is 0 Å². The van der Waals surface area contributed by atoms with Crippen molar-refractivity contribution >= 4 is 11.6 Å². The number of benzene rings is 2. The third-order valence-electron chi connectivity index (χ3n) is 7.16. The van der Waals surface area contributed by atoms with Gasteiger partial charge in [0.15, 0.2) is 11.6 Å². The molecule has 232 valence electrons. The van der Waals surface area contributed by atoms with E-state index in [2.05, 4.69) is 63.1 Å². The zero-order valence-electron chi connectivity index (χ0n) is 27.4. The van der Waals surface area contributed by atoms with Gasteiger partial charge in [-0.15, -0.1) is 0 Å². The minimum atomic E-state index is -0.938. The van der Waals surface area contributed by atoms with Gasteiger partial charge in [-0.2, -0.15) is 0 Å². The van der Waals surface area contributed by atoms with E-state index in [4.69, 9.17) is 18.9 Å². The number of hydrogen-bond donors (Lipinski definition) is 0. The lowest BCUT2D eigenvalue weighted by atomic mass is 9.78. The largest absolute Gasteiger partial charge is 0.488 e. The Balaban J connectivity index is 1.87. The first kappa shape index (κ1) is 35.5. The average Bonchev–Trinajstić information content (AvgIpc) is 2.95. The quantitative estimate of drug-likeness (QED) is 0.115. The highest BCUT2D eigenvalue weighted by atomic mass is 16.5. The molecule has 0 bridgehead atoms. The first-order valence-electron chi connectivity index (χ1n) is 14.6. The summed E-state index contributed by atoms with van der Waals surface area (Å²) in [5, 5.41) is 0. The number of carbonyl (C=O) groups excluding carboxylic acids is 2. The van der Waals surface area contributed by atoms with Crippen molar-refractivity contribution in [1.82, 2.24) is 0 Å². The third kappa shape index (κ3) is 10.5. The normalized spacial score (nSPS) is 12.5. The summed E-state index contributed by atoms with van der Waals surface area (Å²) in [6.45, 7) is 24.9. The summed E-state index contributed by atoms with van der Waals surface area (Å²) in [6, 6.07) is 16.1. The number of ketones is 2. The van der Waals surface area contributed by atoms with Crippen LogP contribution in [0.1, 0.15) is 79.9 Å². The van der Waals surface area contributed by atoms with Crippen molar-refractivity contribution in [3.05, 3.63) is 84.0 Å². The highest BCUT2D eigenvalue weighted by molar-refractivity contribution is 6.00. The number of ether oxygens (including phenoxy) is 4. The predicted octanol–water partition coefficient (Wildman–Crippen LogP) is 7.43. The van der Waals surface area contributed by atoms with E-state index in [9.17, 15) is 9.59 Å². The summed E-state index contributed by atoms with van der Waals surface area (Å²) >= 11 is 0. The first-order chi connectivity index (χ1) is 20.0. The second-order valence-corrected chi connectivity index (χ2v) is 12.4. The fraction of sp³-hybridized carbons (Fsp3) is 0.459. The van der Waals surface area contributed by atoms with Crippen LogP contribution in [0.5, 0.6) is 11.5 Å². The molecule has 2 aromatic carbocycles. The van der Waals surface area contributed by atoms with Crippen molar-refractivity contribution in [1.29, 1.82) is 0 Å². The maximum Gasteiger partial charge on any atom is 0.189 e. The van der Waals surface area contributed by atoms with Gasteiger partial charge in [0.05, 0.1) is 13.2 Å². The molecule has 0 N–H and O–H groups in total. The molecule has 6 heteroatoms. The monoisotopic (exact) mass is 588 g/mol. The Morgan fingerprint density at radius 2 is 1.21 bits per heavy atom. The minimum absolute atomic E-state index is 0.104. The van der Waals surface area contributed by atoms with Crippen molar-refractivity contribution in [2.75, 3.05) is 19.8 Å². The molecule has 0 amide bonds. The summed E-state index contributed by atoms with van der Waals surface area (Å²) in [6.07, 6.45) is 0.278. The fourth-order valence-corrected chi connectivity index (χ4v) is 4.45. The molecule has 0 heterocycles. The van der Waals surface area contributed by atoms with Crippen molar-refractivity contribution in [3.8, 4) is 23.3 Å². The van der Waals surface area contributed by atoms with Gasteiger partial charge in [0.2, 0.25) is 0 Å². The van der Waals surface area contributed by atoms with Gasteiger partial charge in [0, 0.05) is 11.8 Å². The molecule has 0 fully saturated rings. The van der Waals surface area contributed by atoms with E-state index in [1.165, 1.54) is 0 Å². The molecule has 2 rings (SSSR count). The third-order valence-corrected chi connectivity index (χ3v) is 7.16. The van der Waals surface area contributed by atoms with Gasteiger partial charge in [-0.3, -0.25) is 9.59 Å². The summed E-state index contributed by atoms with van der Waals surface area (Å²) in [5.41, 5.74) is 1.18. The fourth-order valence-electron chi connectivity index (χ4n) is 4.45.